The van der Waals surface area contributed by atoms with E-state index in [0.717, 1.165) is 25.9 Å². The van der Waals surface area contributed by atoms with Crippen molar-refractivity contribution in [1.82, 2.24) is 34.1 Å². The van der Waals surface area contributed by atoms with Crippen LogP contribution in [-0.4, -0.2) is 108 Å². The third-order valence-electron chi connectivity index (χ3n) is 7.40. The first kappa shape index (κ1) is 25.5. The number of aliphatic hydroxyl groups excluding tert-OH is 2. The normalized spacial score (nSPS) is 25.2. The van der Waals surface area contributed by atoms with E-state index < -0.39 is 24.5 Å². The largest absolute Gasteiger partial charge is 0.387 e. The van der Waals surface area contributed by atoms with Gasteiger partial charge in [0.2, 0.25) is 0 Å². The summed E-state index contributed by atoms with van der Waals surface area (Å²) in [5.41, 5.74) is 13.7. The molecule has 13 nitrogen and oxygen atoms in total. The molecule has 3 aromatic rings. The third-order valence-corrected chi connectivity index (χ3v) is 7.40. The topological polar surface area (TPSA) is 174 Å². The zero-order valence-electron chi connectivity index (χ0n) is 21.1. The number of hydrogen-bond acceptors (Lipinski definition) is 10. The molecule has 0 bridgehead atoms. The van der Waals surface area contributed by atoms with E-state index in [4.69, 9.17) is 16.2 Å². The molecular weight excluding hydrogens is 478 g/mol. The van der Waals surface area contributed by atoms with Crippen LogP contribution in [0.4, 0.5) is 5.82 Å². The summed E-state index contributed by atoms with van der Waals surface area (Å²) in [4.78, 5) is 26.2. The van der Waals surface area contributed by atoms with Crippen LogP contribution < -0.4 is 11.5 Å². The Labute approximate surface area is 214 Å². The lowest BCUT2D eigenvalue weighted by atomic mass is 10.0. The molecular formula is C24H35N9O4. The highest BCUT2D eigenvalue weighted by Crippen LogP contribution is 2.38. The third kappa shape index (κ3) is 4.68. The average molecular weight is 514 g/mol. The number of hydrogen-bond donors (Lipinski definition) is 4. The molecule has 5 rings (SSSR count). The zero-order chi connectivity index (χ0) is 26.3. The van der Waals surface area contributed by atoms with Crippen molar-refractivity contribution in [2.24, 2.45) is 12.8 Å². The van der Waals surface area contributed by atoms with Gasteiger partial charge in [0.05, 0.1) is 11.1 Å². The van der Waals surface area contributed by atoms with E-state index in [0.29, 0.717) is 41.8 Å². The summed E-state index contributed by atoms with van der Waals surface area (Å²) >= 11 is 0. The molecule has 0 saturated carbocycles. The van der Waals surface area contributed by atoms with Crippen LogP contribution in [0.15, 0.2) is 24.8 Å². The van der Waals surface area contributed by atoms with Gasteiger partial charge in [-0.2, -0.15) is 5.10 Å². The average Bonchev–Trinajstić information content (AvgIpc) is 3.57. The standard InChI is InChI=1S/C24H35N9O4/c1-30-9-4-14(5-10-30)32(8-3-7-25)23(36)20-18(34)19(35)24(37-20)33-12-15(16-6-11-31(2)29-16)17-21(26)27-13-28-22(17)33/h6,11-14,18-20,24,34-35H,3-5,7-10,25H2,1-2H3,(H2,26,27,28)/t18-,19+,20-,24+/m0/s1. The molecule has 2 saturated heterocycles. The SMILES string of the molecule is CN1CCC(N(CCCN)C(=O)[C@H]2O[C@@H](n3cc(-c4ccn(C)n4)c4c(N)ncnc43)[C@H](O)[C@@H]2O)CC1. The van der Waals surface area contributed by atoms with Crippen LogP contribution in [0.25, 0.3) is 22.3 Å². The molecule has 6 N–H and O–H groups in total. The van der Waals surface area contributed by atoms with Crippen molar-refractivity contribution in [3.63, 3.8) is 0 Å². The van der Waals surface area contributed by atoms with E-state index in [1.807, 2.05) is 6.07 Å². The monoisotopic (exact) mass is 513 g/mol. The number of piperidine rings is 1. The van der Waals surface area contributed by atoms with E-state index in [-0.39, 0.29) is 17.8 Å². The number of likely N-dealkylation sites (tertiary alicyclic amines) is 1. The number of carbonyl (C=O) groups is 1. The molecule has 200 valence electrons. The summed E-state index contributed by atoms with van der Waals surface area (Å²) in [5.74, 6) is -0.0899. The fourth-order valence-electron chi connectivity index (χ4n) is 5.35. The molecule has 2 fully saturated rings. The number of aromatic nitrogens is 5. The van der Waals surface area contributed by atoms with Crippen molar-refractivity contribution in [1.29, 1.82) is 0 Å². The summed E-state index contributed by atoms with van der Waals surface area (Å²) < 4.78 is 9.37. The van der Waals surface area contributed by atoms with Gasteiger partial charge in [-0.25, -0.2) is 9.97 Å². The fraction of sp³-hybridized carbons (Fsp3) is 0.583. The maximum Gasteiger partial charge on any atom is 0.254 e. The Balaban J connectivity index is 1.46. The van der Waals surface area contributed by atoms with E-state index in [2.05, 4.69) is 27.0 Å². The first-order valence-electron chi connectivity index (χ1n) is 12.6. The van der Waals surface area contributed by atoms with E-state index in [1.54, 1.807) is 33.6 Å². The van der Waals surface area contributed by atoms with Crippen LogP contribution in [0, 0.1) is 0 Å². The van der Waals surface area contributed by atoms with Crippen molar-refractivity contribution in [2.75, 3.05) is 39.0 Å². The predicted molar refractivity (Wildman–Crippen MR) is 136 cm³/mol. The van der Waals surface area contributed by atoms with Gasteiger partial charge in [-0.15, -0.1) is 0 Å². The number of anilines is 1. The maximum absolute atomic E-state index is 13.7. The second-order valence-corrected chi connectivity index (χ2v) is 9.92. The van der Waals surface area contributed by atoms with Crippen molar-refractivity contribution < 1.29 is 19.7 Å². The van der Waals surface area contributed by atoms with E-state index >= 15 is 0 Å². The lowest BCUT2D eigenvalue weighted by Crippen LogP contribution is -2.52. The highest BCUT2D eigenvalue weighted by Gasteiger charge is 2.49. The quantitative estimate of drug-likeness (QED) is 0.316. The molecule has 0 unspecified atom stereocenters. The number of carbonyl (C=O) groups excluding carboxylic acids is 1. The molecule has 4 atom stereocenters. The molecule has 0 aliphatic carbocycles. The van der Waals surface area contributed by atoms with Crippen molar-refractivity contribution >= 4 is 22.8 Å². The van der Waals surface area contributed by atoms with Crippen molar-refractivity contribution in [2.45, 2.75) is 49.8 Å². The van der Waals surface area contributed by atoms with Gasteiger partial charge in [0.15, 0.2) is 12.3 Å². The van der Waals surface area contributed by atoms with Gasteiger partial charge in [-0.3, -0.25) is 9.48 Å². The summed E-state index contributed by atoms with van der Waals surface area (Å²) in [6.07, 6.45) is 2.06. The Morgan fingerprint density at radius 3 is 2.65 bits per heavy atom. The van der Waals surface area contributed by atoms with Gasteiger partial charge < -0.3 is 40.8 Å². The van der Waals surface area contributed by atoms with E-state index in [9.17, 15) is 15.0 Å². The zero-order valence-corrected chi connectivity index (χ0v) is 21.1. The summed E-state index contributed by atoms with van der Waals surface area (Å²) in [6.45, 7) is 2.67. The Morgan fingerprint density at radius 2 is 1.97 bits per heavy atom. The fourth-order valence-corrected chi connectivity index (χ4v) is 5.35. The number of nitrogens with zero attached hydrogens (tertiary/aromatic N) is 7. The summed E-state index contributed by atoms with van der Waals surface area (Å²) in [7, 11) is 3.86. The predicted octanol–water partition coefficient (Wildman–Crippen LogP) is -0.695. The van der Waals surface area contributed by atoms with Gasteiger partial charge in [0, 0.05) is 37.6 Å². The Morgan fingerprint density at radius 1 is 1.22 bits per heavy atom. The summed E-state index contributed by atoms with van der Waals surface area (Å²) in [6, 6.07) is 1.85. The number of ether oxygens (including phenoxy) is 1. The van der Waals surface area contributed by atoms with Gasteiger partial charge in [0.25, 0.3) is 5.91 Å². The molecule has 2 aliphatic heterocycles. The summed E-state index contributed by atoms with van der Waals surface area (Å²) in [5, 5.41) is 27.1. The smallest absolute Gasteiger partial charge is 0.254 e. The van der Waals surface area contributed by atoms with Crippen LogP contribution in [0.5, 0.6) is 0 Å². The molecule has 0 radical (unpaired) electrons. The van der Waals surface area contributed by atoms with E-state index in [1.165, 1.54) is 6.33 Å². The molecule has 5 heterocycles. The minimum Gasteiger partial charge on any atom is -0.387 e. The first-order chi connectivity index (χ1) is 17.8. The highest BCUT2D eigenvalue weighted by atomic mass is 16.6. The lowest BCUT2D eigenvalue weighted by Gasteiger charge is -2.38. The maximum atomic E-state index is 13.7. The molecule has 37 heavy (non-hydrogen) atoms. The number of nitrogen functional groups attached to an aromatic ring is 1. The molecule has 0 aromatic carbocycles. The number of rotatable bonds is 7. The second kappa shape index (κ2) is 10.3. The van der Waals surface area contributed by atoms with Crippen LogP contribution >= 0.6 is 0 Å². The van der Waals surface area contributed by atoms with Crippen molar-refractivity contribution in [3.05, 3.63) is 24.8 Å². The van der Waals surface area contributed by atoms with Gasteiger partial charge >= 0.3 is 0 Å². The minimum absolute atomic E-state index is 0.0259. The Hall–Kier alpha value is -3.10. The number of aliphatic hydroxyl groups is 2. The van der Waals surface area contributed by atoms with Gasteiger partial charge in [-0.05, 0) is 52.0 Å². The molecule has 13 heteroatoms. The van der Waals surface area contributed by atoms with Crippen LogP contribution in [0.3, 0.4) is 0 Å². The molecule has 3 aromatic heterocycles. The second-order valence-electron chi connectivity index (χ2n) is 9.92. The molecule has 2 aliphatic rings. The number of nitrogens with two attached hydrogens (primary N) is 2. The van der Waals surface area contributed by atoms with Crippen LogP contribution in [0.2, 0.25) is 0 Å². The van der Waals surface area contributed by atoms with Crippen LogP contribution in [0.1, 0.15) is 25.5 Å². The Bertz CT molecular complexity index is 1250. The molecule has 0 spiro atoms. The lowest BCUT2D eigenvalue weighted by molar-refractivity contribution is -0.152. The Kier molecular flexibility index (Phi) is 7.14. The minimum atomic E-state index is -1.42. The number of amides is 1. The van der Waals surface area contributed by atoms with Crippen LogP contribution in [-0.2, 0) is 16.6 Å². The van der Waals surface area contributed by atoms with Gasteiger partial charge in [-0.1, -0.05) is 0 Å². The van der Waals surface area contributed by atoms with Crippen molar-refractivity contribution in [3.8, 4) is 11.3 Å². The number of aryl methyl sites for hydroxylation is 1. The van der Waals surface area contributed by atoms with Gasteiger partial charge in [0.1, 0.15) is 30.0 Å². The molecule has 1 amide bonds. The highest BCUT2D eigenvalue weighted by molar-refractivity contribution is 5.99. The number of fused-ring (bicyclic) bond motifs is 1. The first-order valence-corrected chi connectivity index (χ1v) is 12.6.